The zero-order chi connectivity index (χ0) is 13.1. The molecule has 0 heterocycles. The molecule has 18 heavy (non-hydrogen) atoms. The lowest BCUT2D eigenvalue weighted by molar-refractivity contribution is 0.626. The van der Waals surface area contributed by atoms with Crippen molar-refractivity contribution in [1.82, 2.24) is 0 Å². The molecule has 1 nitrogen and oxygen atoms in total. The number of nitrogens with two attached hydrogens (primary N) is 1. The van der Waals surface area contributed by atoms with Gasteiger partial charge in [0.1, 0.15) is 5.82 Å². The summed E-state index contributed by atoms with van der Waals surface area (Å²) in [6.45, 7) is 0. The van der Waals surface area contributed by atoms with Crippen molar-refractivity contribution < 1.29 is 4.39 Å². The number of halogens is 3. The summed E-state index contributed by atoms with van der Waals surface area (Å²) < 4.78 is 13.1. The highest BCUT2D eigenvalue weighted by Gasteiger charge is 2.06. The number of benzene rings is 2. The van der Waals surface area contributed by atoms with Gasteiger partial charge in [-0.2, -0.15) is 0 Å². The highest BCUT2D eigenvalue weighted by Crippen LogP contribution is 2.32. The molecule has 5 heteroatoms. The number of hydrogen-bond donors (Lipinski definition) is 1. The summed E-state index contributed by atoms with van der Waals surface area (Å²) in [6.07, 6.45) is 0. The van der Waals surface area contributed by atoms with Gasteiger partial charge in [0, 0.05) is 26.4 Å². The van der Waals surface area contributed by atoms with Gasteiger partial charge in [-0.15, -0.1) is 11.8 Å². The van der Waals surface area contributed by atoms with Crippen molar-refractivity contribution in [3.05, 3.63) is 57.8 Å². The molecule has 94 valence electrons. The highest BCUT2D eigenvalue weighted by molar-refractivity contribution is 7.98. The third kappa shape index (κ3) is 3.31. The molecule has 0 aromatic heterocycles. The van der Waals surface area contributed by atoms with Gasteiger partial charge in [-0.05, 0) is 42.0 Å². The van der Waals surface area contributed by atoms with Crippen molar-refractivity contribution in [2.45, 2.75) is 10.6 Å². The molecule has 0 unspecified atom stereocenters. The molecule has 2 N–H and O–H groups in total. The average molecular weight is 302 g/mol. The fourth-order valence-corrected chi connectivity index (χ4v) is 2.94. The summed E-state index contributed by atoms with van der Waals surface area (Å²) in [5, 5.41) is 1.17. The Morgan fingerprint density at radius 2 is 1.89 bits per heavy atom. The number of hydrogen-bond acceptors (Lipinski definition) is 2. The number of rotatable bonds is 3. The van der Waals surface area contributed by atoms with E-state index in [0.717, 1.165) is 10.5 Å². The van der Waals surface area contributed by atoms with Crippen LogP contribution >= 0.6 is 35.0 Å². The summed E-state index contributed by atoms with van der Waals surface area (Å²) >= 11 is 13.4. The van der Waals surface area contributed by atoms with Crippen molar-refractivity contribution >= 4 is 40.7 Å². The topological polar surface area (TPSA) is 26.0 Å². The Labute approximate surface area is 119 Å². The average Bonchev–Trinajstić information content (AvgIpc) is 2.34. The van der Waals surface area contributed by atoms with Gasteiger partial charge >= 0.3 is 0 Å². The monoisotopic (exact) mass is 301 g/mol. The van der Waals surface area contributed by atoms with E-state index in [-0.39, 0.29) is 5.82 Å². The molecule has 0 atom stereocenters. The van der Waals surface area contributed by atoms with E-state index >= 15 is 0 Å². The molecule has 0 spiro atoms. The van der Waals surface area contributed by atoms with Crippen molar-refractivity contribution in [2.75, 3.05) is 5.73 Å². The van der Waals surface area contributed by atoms with E-state index in [1.807, 2.05) is 0 Å². The molecule has 2 aromatic rings. The second-order valence-electron chi connectivity index (χ2n) is 3.71. The molecule has 0 saturated heterocycles. The first kappa shape index (κ1) is 13.5. The van der Waals surface area contributed by atoms with Crippen molar-refractivity contribution in [3.8, 4) is 0 Å². The van der Waals surface area contributed by atoms with E-state index in [9.17, 15) is 4.39 Å². The van der Waals surface area contributed by atoms with Gasteiger partial charge in [-0.25, -0.2) is 4.39 Å². The van der Waals surface area contributed by atoms with Gasteiger partial charge in [0.2, 0.25) is 0 Å². The van der Waals surface area contributed by atoms with Gasteiger partial charge in [-0.1, -0.05) is 23.2 Å². The molecule has 0 aliphatic heterocycles. The molecule has 0 bridgehead atoms. The Bertz CT molecular complexity index is 523. The minimum Gasteiger partial charge on any atom is -0.398 e. The van der Waals surface area contributed by atoms with E-state index < -0.39 is 0 Å². The van der Waals surface area contributed by atoms with Crippen molar-refractivity contribution in [3.63, 3.8) is 0 Å². The summed E-state index contributed by atoms with van der Waals surface area (Å²) in [7, 11) is 0. The van der Waals surface area contributed by atoms with E-state index in [0.29, 0.717) is 21.5 Å². The van der Waals surface area contributed by atoms with Crippen LogP contribution in [0.1, 0.15) is 5.56 Å². The van der Waals surface area contributed by atoms with Crippen LogP contribution in [0.15, 0.2) is 41.3 Å². The Hall–Kier alpha value is -0.900. The van der Waals surface area contributed by atoms with Crippen molar-refractivity contribution in [2.24, 2.45) is 0 Å². The van der Waals surface area contributed by atoms with Crippen LogP contribution in [-0.2, 0) is 5.75 Å². The fraction of sp³-hybridized carbons (Fsp3) is 0.0769. The first-order valence-corrected chi connectivity index (χ1v) is 6.92. The number of thioether (sulfide) groups is 1. The molecule has 0 aliphatic carbocycles. The zero-order valence-corrected chi connectivity index (χ0v) is 11.6. The third-order valence-corrected chi connectivity index (χ3v) is 4.09. The first-order chi connectivity index (χ1) is 8.56. The highest BCUT2D eigenvalue weighted by atomic mass is 35.5. The van der Waals surface area contributed by atoms with Gasteiger partial charge in [0.05, 0.1) is 0 Å². The standard InChI is InChI=1S/C13H10Cl2FNS/c14-9-1-4-12(17)13(6-9)18-7-8-5-10(16)2-3-11(8)15/h1-6H,7,17H2. The van der Waals surface area contributed by atoms with Crippen LogP contribution in [0.3, 0.4) is 0 Å². The van der Waals surface area contributed by atoms with E-state index in [1.165, 1.54) is 23.9 Å². The molecule has 2 aromatic carbocycles. The lowest BCUT2D eigenvalue weighted by atomic mass is 10.2. The predicted molar refractivity (Wildman–Crippen MR) is 76.8 cm³/mol. The number of anilines is 1. The summed E-state index contributed by atoms with van der Waals surface area (Å²) in [4.78, 5) is 0.864. The van der Waals surface area contributed by atoms with Crippen molar-refractivity contribution in [1.29, 1.82) is 0 Å². The van der Waals surface area contributed by atoms with Gasteiger partial charge in [0.15, 0.2) is 0 Å². The fourth-order valence-electron chi connectivity index (χ4n) is 1.44. The quantitative estimate of drug-likeness (QED) is 0.637. The molecule has 0 aliphatic rings. The SMILES string of the molecule is Nc1ccc(Cl)cc1SCc1cc(F)ccc1Cl. The third-order valence-electron chi connectivity index (χ3n) is 2.37. The molecule has 0 fully saturated rings. The Kier molecular flexibility index (Phi) is 4.38. The maximum Gasteiger partial charge on any atom is 0.123 e. The summed E-state index contributed by atoms with van der Waals surface area (Å²) in [6, 6.07) is 9.58. The maximum absolute atomic E-state index is 13.1. The van der Waals surface area contributed by atoms with E-state index in [4.69, 9.17) is 28.9 Å². The largest absolute Gasteiger partial charge is 0.398 e. The summed E-state index contributed by atoms with van der Waals surface area (Å²) in [5.74, 6) is 0.246. The minimum absolute atomic E-state index is 0.297. The number of nitrogen functional groups attached to an aromatic ring is 1. The van der Waals surface area contributed by atoms with Crippen LogP contribution < -0.4 is 5.73 Å². The van der Waals surface area contributed by atoms with E-state index in [2.05, 4.69) is 0 Å². The minimum atomic E-state index is -0.297. The molecular formula is C13H10Cl2FNS. The van der Waals surface area contributed by atoms with Crippen LogP contribution in [0.4, 0.5) is 10.1 Å². The first-order valence-electron chi connectivity index (χ1n) is 5.18. The van der Waals surface area contributed by atoms with Crippen LogP contribution in [0.25, 0.3) is 0 Å². The summed E-state index contributed by atoms with van der Waals surface area (Å²) in [5.41, 5.74) is 7.22. The molecular weight excluding hydrogens is 292 g/mol. The van der Waals surface area contributed by atoms with Crippen LogP contribution in [0.5, 0.6) is 0 Å². The normalized spacial score (nSPS) is 10.6. The Morgan fingerprint density at radius 3 is 2.67 bits per heavy atom. The maximum atomic E-state index is 13.1. The molecule has 0 saturated carbocycles. The Morgan fingerprint density at radius 1 is 1.11 bits per heavy atom. The lowest BCUT2D eigenvalue weighted by Crippen LogP contribution is -1.90. The zero-order valence-electron chi connectivity index (χ0n) is 9.29. The van der Waals surface area contributed by atoms with Gasteiger partial charge in [0.25, 0.3) is 0 Å². The van der Waals surface area contributed by atoms with Crippen LogP contribution in [-0.4, -0.2) is 0 Å². The molecule has 0 radical (unpaired) electrons. The Balaban J connectivity index is 2.16. The lowest BCUT2D eigenvalue weighted by Gasteiger charge is -2.07. The van der Waals surface area contributed by atoms with Gasteiger partial charge < -0.3 is 5.73 Å². The van der Waals surface area contributed by atoms with E-state index in [1.54, 1.807) is 24.3 Å². The second kappa shape index (κ2) is 5.83. The van der Waals surface area contributed by atoms with Crippen LogP contribution in [0.2, 0.25) is 10.0 Å². The molecule has 0 amide bonds. The molecule has 2 rings (SSSR count). The van der Waals surface area contributed by atoms with Crippen LogP contribution in [0, 0.1) is 5.82 Å². The van der Waals surface area contributed by atoms with Gasteiger partial charge in [-0.3, -0.25) is 0 Å². The smallest absolute Gasteiger partial charge is 0.123 e. The predicted octanol–water partition coefficient (Wildman–Crippen LogP) is 5.01. The second-order valence-corrected chi connectivity index (χ2v) is 5.57.